The van der Waals surface area contributed by atoms with E-state index in [0.29, 0.717) is 44.6 Å². The molecule has 1 amide bonds. The van der Waals surface area contributed by atoms with Crippen LogP contribution in [0, 0.1) is 11.3 Å². The van der Waals surface area contributed by atoms with E-state index in [9.17, 15) is 18.0 Å². The summed E-state index contributed by atoms with van der Waals surface area (Å²) in [5.41, 5.74) is 0.985. The maximum absolute atomic E-state index is 12.6. The van der Waals surface area contributed by atoms with E-state index in [1.807, 2.05) is 39.9 Å². The third kappa shape index (κ3) is 5.95. The van der Waals surface area contributed by atoms with E-state index in [-0.39, 0.29) is 11.3 Å². The molecule has 1 N–H and O–H groups in total. The number of rotatable bonds is 5. The molecule has 2 fully saturated rings. The van der Waals surface area contributed by atoms with Crippen molar-refractivity contribution >= 4 is 23.2 Å². The largest absolute Gasteiger partial charge is 0.490 e. The highest BCUT2D eigenvalue weighted by Gasteiger charge is 2.52. The Morgan fingerprint density at radius 3 is 2.74 bits per heavy atom. The number of amides is 1. The Balaban J connectivity index is 0.000000339. The Kier molecular flexibility index (Phi) is 7.16. The number of aromatic nitrogens is 1. The van der Waals surface area contributed by atoms with Gasteiger partial charge in [0, 0.05) is 31.3 Å². The van der Waals surface area contributed by atoms with Crippen molar-refractivity contribution in [3.63, 3.8) is 0 Å². The van der Waals surface area contributed by atoms with Gasteiger partial charge in [0.1, 0.15) is 0 Å². The number of hydrogen-bond acceptors (Lipinski definition) is 6. The van der Waals surface area contributed by atoms with Crippen molar-refractivity contribution in [2.75, 3.05) is 32.9 Å². The fraction of sp³-hybridized carbons (Fsp3) is 0.450. The van der Waals surface area contributed by atoms with Crippen molar-refractivity contribution in [3.05, 3.63) is 46.8 Å². The van der Waals surface area contributed by atoms with Gasteiger partial charge in [0.25, 0.3) is 0 Å². The number of hydrogen-bond donors (Lipinski definition) is 1. The van der Waals surface area contributed by atoms with Gasteiger partial charge in [-0.1, -0.05) is 6.07 Å². The Morgan fingerprint density at radius 2 is 2.13 bits per heavy atom. The van der Waals surface area contributed by atoms with Crippen LogP contribution in [0.1, 0.15) is 5.56 Å². The number of pyridine rings is 1. The molecule has 168 valence electrons. The van der Waals surface area contributed by atoms with E-state index < -0.39 is 12.1 Å². The highest BCUT2D eigenvalue weighted by molar-refractivity contribution is 7.08. The van der Waals surface area contributed by atoms with E-state index in [4.69, 9.17) is 19.4 Å². The summed E-state index contributed by atoms with van der Waals surface area (Å²) >= 11 is 1.63. The fourth-order valence-electron chi connectivity index (χ4n) is 3.56. The van der Waals surface area contributed by atoms with Gasteiger partial charge in [-0.25, -0.2) is 9.78 Å². The van der Waals surface area contributed by atoms with Gasteiger partial charge in [-0.3, -0.25) is 4.79 Å². The molecular weight excluding hydrogens is 437 g/mol. The monoisotopic (exact) mass is 458 g/mol. The van der Waals surface area contributed by atoms with Crippen LogP contribution in [-0.4, -0.2) is 66.0 Å². The smallest absolute Gasteiger partial charge is 0.477 e. The lowest BCUT2D eigenvalue weighted by Crippen LogP contribution is -2.38. The number of carbonyl (C=O) groups is 2. The molecule has 2 aliphatic heterocycles. The minimum atomic E-state index is -5.08. The SMILES string of the molecule is O=C(Cc1ccsc1)N1C[C@@H]2COC[C@]2(COc2ccccn2)C1.O=C(O)C(F)(F)F. The quantitative estimate of drug-likeness (QED) is 0.741. The molecule has 7 nitrogen and oxygen atoms in total. The van der Waals surface area contributed by atoms with Gasteiger partial charge in [-0.2, -0.15) is 24.5 Å². The molecule has 31 heavy (non-hydrogen) atoms. The summed E-state index contributed by atoms with van der Waals surface area (Å²) in [6.45, 7) is 3.35. The summed E-state index contributed by atoms with van der Waals surface area (Å²) in [7, 11) is 0. The molecule has 0 radical (unpaired) electrons. The lowest BCUT2D eigenvalue weighted by atomic mass is 9.82. The van der Waals surface area contributed by atoms with Crippen LogP contribution < -0.4 is 4.74 Å². The van der Waals surface area contributed by atoms with E-state index in [0.717, 1.165) is 12.1 Å². The van der Waals surface area contributed by atoms with Gasteiger partial charge < -0.3 is 19.5 Å². The Hall–Kier alpha value is -2.66. The fourth-order valence-corrected chi connectivity index (χ4v) is 4.22. The average Bonchev–Trinajstić information content (AvgIpc) is 3.43. The van der Waals surface area contributed by atoms with Crippen LogP contribution in [0.15, 0.2) is 41.2 Å². The summed E-state index contributed by atoms with van der Waals surface area (Å²) in [5.74, 6) is -1.60. The molecule has 4 heterocycles. The zero-order valence-corrected chi connectivity index (χ0v) is 17.2. The predicted molar refractivity (Wildman–Crippen MR) is 105 cm³/mol. The molecule has 0 spiro atoms. The molecular formula is C20H21F3N2O5S. The minimum Gasteiger partial charge on any atom is -0.477 e. The number of carboxylic acid groups (broad SMARTS) is 1. The first-order valence-corrected chi connectivity index (χ1v) is 10.3. The van der Waals surface area contributed by atoms with Gasteiger partial charge in [0.2, 0.25) is 11.8 Å². The molecule has 2 aromatic heterocycles. The van der Waals surface area contributed by atoms with Gasteiger partial charge in [-0.15, -0.1) is 0 Å². The zero-order valence-electron chi connectivity index (χ0n) is 16.4. The molecule has 0 aliphatic carbocycles. The molecule has 0 bridgehead atoms. The van der Waals surface area contributed by atoms with Crippen LogP contribution in [0.25, 0.3) is 0 Å². The maximum atomic E-state index is 12.6. The topological polar surface area (TPSA) is 89.0 Å². The van der Waals surface area contributed by atoms with Crippen molar-refractivity contribution in [1.82, 2.24) is 9.88 Å². The third-order valence-corrected chi connectivity index (χ3v) is 5.93. The summed E-state index contributed by atoms with van der Waals surface area (Å²) in [5, 5.41) is 11.2. The summed E-state index contributed by atoms with van der Waals surface area (Å²) < 4.78 is 43.3. The van der Waals surface area contributed by atoms with E-state index in [1.54, 1.807) is 17.5 Å². The third-order valence-electron chi connectivity index (χ3n) is 5.20. The molecule has 0 unspecified atom stereocenters. The molecule has 0 aromatic carbocycles. The van der Waals surface area contributed by atoms with Gasteiger partial charge in [-0.05, 0) is 28.5 Å². The molecule has 11 heteroatoms. The standard InChI is InChI=1S/C18H20N2O3S.C2HF3O2/c21-17(7-14-4-6-24-10-14)20-8-15-9-22-12-18(15,11-20)13-23-16-3-1-2-5-19-16;3-2(4,5)1(6)7/h1-6,10,15H,7-9,11-13H2;(H,6,7)/t15-,18+;/m1./s1. The molecule has 2 aliphatic rings. The van der Waals surface area contributed by atoms with E-state index >= 15 is 0 Å². The number of likely N-dealkylation sites (tertiary alicyclic amines) is 1. The number of nitrogens with zero attached hydrogens (tertiary/aromatic N) is 2. The number of halogens is 3. The molecule has 0 saturated carbocycles. The Bertz CT molecular complexity index is 879. The molecule has 2 saturated heterocycles. The average molecular weight is 458 g/mol. The normalized spacial score (nSPS) is 22.4. The van der Waals surface area contributed by atoms with E-state index in [2.05, 4.69) is 4.98 Å². The molecule has 2 atom stereocenters. The van der Waals surface area contributed by atoms with Crippen molar-refractivity contribution in [2.45, 2.75) is 12.6 Å². The predicted octanol–water partition coefficient (Wildman–Crippen LogP) is 2.87. The van der Waals surface area contributed by atoms with Crippen LogP contribution >= 0.6 is 11.3 Å². The lowest BCUT2D eigenvalue weighted by Gasteiger charge is -2.26. The van der Waals surface area contributed by atoms with Crippen LogP contribution in [0.4, 0.5) is 13.2 Å². The first-order valence-electron chi connectivity index (χ1n) is 9.40. The van der Waals surface area contributed by atoms with Gasteiger partial charge >= 0.3 is 12.1 Å². The zero-order chi connectivity index (χ0) is 22.5. The summed E-state index contributed by atoms with van der Waals surface area (Å²) in [6.07, 6.45) is -2.88. The number of fused-ring (bicyclic) bond motifs is 1. The first kappa shape index (κ1) is 23.0. The van der Waals surface area contributed by atoms with Crippen LogP contribution in [-0.2, 0) is 20.7 Å². The highest BCUT2D eigenvalue weighted by Crippen LogP contribution is 2.41. The second-order valence-corrected chi connectivity index (χ2v) is 8.20. The lowest BCUT2D eigenvalue weighted by molar-refractivity contribution is -0.192. The van der Waals surface area contributed by atoms with Gasteiger partial charge in [0.15, 0.2) is 0 Å². The van der Waals surface area contributed by atoms with E-state index in [1.165, 1.54) is 0 Å². The van der Waals surface area contributed by atoms with Crippen LogP contribution in [0.3, 0.4) is 0 Å². The first-order chi connectivity index (χ1) is 14.7. The Morgan fingerprint density at radius 1 is 1.35 bits per heavy atom. The number of carboxylic acids is 1. The minimum absolute atomic E-state index is 0.109. The summed E-state index contributed by atoms with van der Waals surface area (Å²) in [6, 6.07) is 7.65. The highest BCUT2D eigenvalue weighted by atomic mass is 32.1. The number of carbonyl (C=O) groups excluding carboxylic acids is 1. The van der Waals surface area contributed by atoms with Crippen molar-refractivity contribution in [3.8, 4) is 5.88 Å². The van der Waals surface area contributed by atoms with Gasteiger partial charge in [0.05, 0.1) is 31.7 Å². The summed E-state index contributed by atoms with van der Waals surface area (Å²) in [4.78, 5) is 27.7. The van der Waals surface area contributed by atoms with Crippen molar-refractivity contribution < 1.29 is 37.3 Å². The number of aliphatic carboxylic acids is 1. The Labute approximate surface area is 180 Å². The molecule has 2 aromatic rings. The van der Waals surface area contributed by atoms with Crippen LogP contribution in [0.5, 0.6) is 5.88 Å². The second kappa shape index (κ2) is 9.65. The number of alkyl halides is 3. The van der Waals surface area contributed by atoms with Crippen LogP contribution in [0.2, 0.25) is 0 Å². The number of thiophene rings is 1. The maximum Gasteiger partial charge on any atom is 0.490 e. The van der Waals surface area contributed by atoms with Crippen molar-refractivity contribution in [2.24, 2.45) is 11.3 Å². The van der Waals surface area contributed by atoms with Crippen molar-refractivity contribution in [1.29, 1.82) is 0 Å². The number of ether oxygens (including phenoxy) is 2. The second-order valence-electron chi connectivity index (χ2n) is 7.42. The molecule has 4 rings (SSSR count).